The molecular weight excluding hydrogens is 142 g/mol. The van der Waals surface area contributed by atoms with Gasteiger partial charge < -0.3 is 10.0 Å². The van der Waals surface area contributed by atoms with Crippen LogP contribution in [0.2, 0.25) is 0 Å². The molecule has 1 N–H and O–H groups in total. The van der Waals surface area contributed by atoms with Crippen molar-refractivity contribution in [3.8, 4) is 0 Å². The number of hydrogen-bond donors (Lipinski definition) is 1. The molecule has 0 fully saturated rings. The molecule has 11 heavy (non-hydrogen) atoms. The molecule has 0 rings (SSSR count). The molecule has 0 aliphatic carbocycles. The Balaban J connectivity index is 4.20. The van der Waals surface area contributed by atoms with Crippen LogP contribution in [-0.2, 0) is 4.79 Å². The number of carbonyl (C=O) groups excluding carboxylic acids is 1. The molecule has 0 spiro atoms. The first-order valence-corrected chi connectivity index (χ1v) is 3.57. The smallest absolute Gasteiger partial charge is 0.249 e. The largest absolute Gasteiger partial charge is 0.512 e. The van der Waals surface area contributed by atoms with Gasteiger partial charge in [-0.3, -0.25) is 4.79 Å². The highest BCUT2D eigenvalue weighted by Crippen LogP contribution is 2.04. The Kier molecular flexibility index (Phi) is 3.65. The lowest BCUT2D eigenvalue weighted by Gasteiger charge is -2.08. The number of aliphatic hydroxyl groups is 1. The monoisotopic (exact) mass is 157 g/mol. The molecule has 0 saturated heterocycles. The van der Waals surface area contributed by atoms with Crippen molar-refractivity contribution in [2.45, 2.75) is 13.8 Å². The zero-order valence-electron chi connectivity index (χ0n) is 7.46. The minimum atomic E-state index is -0.184. The van der Waals surface area contributed by atoms with E-state index in [4.69, 9.17) is 5.11 Å². The summed E-state index contributed by atoms with van der Waals surface area (Å²) in [5.41, 5.74) is 0. The van der Waals surface area contributed by atoms with Gasteiger partial charge in [-0.15, -0.1) is 0 Å². The average molecular weight is 157 g/mol. The third-order valence-corrected chi connectivity index (χ3v) is 1.30. The summed E-state index contributed by atoms with van der Waals surface area (Å²) in [7, 11) is 3.29. The molecule has 0 saturated carbocycles. The lowest BCUT2D eigenvalue weighted by molar-refractivity contribution is -0.123. The summed E-state index contributed by atoms with van der Waals surface area (Å²) in [6.07, 6.45) is 1.24. The van der Waals surface area contributed by atoms with E-state index in [1.807, 2.05) is 13.8 Å². The van der Waals surface area contributed by atoms with Crippen molar-refractivity contribution < 1.29 is 9.90 Å². The van der Waals surface area contributed by atoms with Crippen LogP contribution in [0.3, 0.4) is 0 Å². The van der Waals surface area contributed by atoms with Crippen LogP contribution in [0.1, 0.15) is 13.8 Å². The molecule has 3 heteroatoms. The molecule has 0 aliphatic heterocycles. The van der Waals surface area contributed by atoms with Gasteiger partial charge in [-0.2, -0.15) is 0 Å². The van der Waals surface area contributed by atoms with Crippen LogP contribution in [0.5, 0.6) is 0 Å². The zero-order valence-corrected chi connectivity index (χ0v) is 7.46. The van der Waals surface area contributed by atoms with Gasteiger partial charge in [0, 0.05) is 26.1 Å². The number of nitrogens with zero attached hydrogens (tertiary/aromatic N) is 1. The van der Waals surface area contributed by atoms with Gasteiger partial charge in [0.25, 0.3) is 0 Å². The fourth-order valence-electron chi connectivity index (χ4n) is 0.422. The molecular formula is C8H15NO2. The lowest BCUT2D eigenvalue weighted by atomic mass is 10.1. The summed E-state index contributed by atoms with van der Waals surface area (Å²) in [5.74, 6) is -0.0428. The highest BCUT2D eigenvalue weighted by Gasteiger charge is 2.04. The van der Waals surface area contributed by atoms with Crippen LogP contribution in [0.25, 0.3) is 0 Å². The zero-order chi connectivity index (χ0) is 9.02. The lowest BCUT2D eigenvalue weighted by Crippen LogP contribution is -2.20. The van der Waals surface area contributed by atoms with Crippen LogP contribution in [0.15, 0.2) is 11.8 Å². The molecule has 0 aliphatic rings. The Morgan fingerprint density at radius 2 is 1.91 bits per heavy atom. The van der Waals surface area contributed by atoms with E-state index >= 15 is 0 Å². The van der Waals surface area contributed by atoms with Gasteiger partial charge in [-0.05, 0) is 0 Å². The number of allylic oxidation sites excluding steroid dienone is 1. The predicted octanol–water partition coefficient (Wildman–Crippen LogP) is 1.17. The van der Waals surface area contributed by atoms with E-state index in [1.54, 1.807) is 14.1 Å². The fraction of sp³-hybridized carbons (Fsp3) is 0.625. The second-order valence-corrected chi connectivity index (χ2v) is 2.96. The summed E-state index contributed by atoms with van der Waals surface area (Å²) in [6, 6.07) is 0. The molecule has 0 unspecified atom stereocenters. The van der Waals surface area contributed by atoms with Gasteiger partial charge in [-0.25, -0.2) is 0 Å². The topological polar surface area (TPSA) is 40.5 Å². The summed E-state index contributed by atoms with van der Waals surface area (Å²) in [4.78, 5) is 12.4. The molecule has 3 nitrogen and oxygen atoms in total. The SMILES string of the molecule is CC(C)C(O)=CC(=O)N(C)C. The first kappa shape index (κ1) is 10.0. The van der Waals surface area contributed by atoms with Crippen LogP contribution in [-0.4, -0.2) is 30.0 Å². The van der Waals surface area contributed by atoms with E-state index in [9.17, 15) is 4.79 Å². The average Bonchev–Trinajstić information content (AvgIpc) is 1.87. The van der Waals surface area contributed by atoms with Crippen molar-refractivity contribution in [3.05, 3.63) is 11.8 Å². The number of rotatable bonds is 2. The van der Waals surface area contributed by atoms with Crippen molar-refractivity contribution in [2.24, 2.45) is 5.92 Å². The molecule has 0 aromatic carbocycles. The Morgan fingerprint density at radius 1 is 1.45 bits per heavy atom. The van der Waals surface area contributed by atoms with E-state index in [0.717, 1.165) is 0 Å². The Labute approximate surface area is 67.3 Å². The minimum absolute atomic E-state index is 0.0129. The second kappa shape index (κ2) is 4.01. The third-order valence-electron chi connectivity index (χ3n) is 1.30. The molecule has 0 aromatic rings. The van der Waals surface area contributed by atoms with Crippen LogP contribution < -0.4 is 0 Å². The van der Waals surface area contributed by atoms with E-state index in [1.165, 1.54) is 11.0 Å². The number of aliphatic hydroxyl groups excluding tert-OH is 1. The van der Waals surface area contributed by atoms with Gasteiger partial charge >= 0.3 is 0 Å². The summed E-state index contributed by atoms with van der Waals surface area (Å²) in [5, 5.41) is 9.16. The highest BCUT2D eigenvalue weighted by molar-refractivity contribution is 5.87. The van der Waals surface area contributed by atoms with Crippen LogP contribution in [0.4, 0.5) is 0 Å². The maximum absolute atomic E-state index is 10.9. The van der Waals surface area contributed by atoms with Crippen molar-refractivity contribution in [1.29, 1.82) is 0 Å². The standard InChI is InChI=1S/C8H15NO2/c1-6(2)7(10)5-8(11)9(3)4/h5-6,10H,1-4H3. The Bertz CT molecular complexity index is 171. The molecule has 0 heterocycles. The van der Waals surface area contributed by atoms with E-state index in [2.05, 4.69) is 0 Å². The highest BCUT2D eigenvalue weighted by atomic mass is 16.3. The normalized spacial score (nSPS) is 11.9. The van der Waals surface area contributed by atoms with Gasteiger partial charge in [-0.1, -0.05) is 13.8 Å². The molecule has 0 aromatic heterocycles. The minimum Gasteiger partial charge on any atom is -0.512 e. The molecule has 0 atom stereocenters. The number of amides is 1. The summed E-state index contributed by atoms with van der Waals surface area (Å²) < 4.78 is 0. The Hall–Kier alpha value is -0.990. The van der Waals surface area contributed by atoms with E-state index in [-0.39, 0.29) is 17.6 Å². The van der Waals surface area contributed by atoms with Crippen molar-refractivity contribution in [2.75, 3.05) is 14.1 Å². The summed E-state index contributed by atoms with van der Waals surface area (Å²) in [6.45, 7) is 3.66. The molecule has 64 valence electrons. The maximum Gasteiger partial charge on any atom is 0.249 e. The maximum atomic E-state index is 10.9. The van der Waals surface area contributed by atoms with Crippen LogP contribution in [0, 0.1) is 5.92 Å². The second-order valence-electron chi connectivity index (χ2n) is 2.96. The molecule has 0 radical (unpaired) electrons. The van der Waals surface area contributed by atoms with Gasteiger partial charge in [0.15, 0.2) is 0 Å². The first-order valence-electron chi connectivity index (χ1n) is 3.57. The third kappa shape index (κ3) is 3.65. The summed E-state index contributed by atoms with van der Waals surface area (Å²) >= 11 is 0. The number of carbonyl (C=O) groups is 1. The van der Waals surface area contributed by atoms with Gasteiger partial charge in [0.2, 0.25) is 5.91 Å². The van der Waals surface area contributed by atoms with Crippen molar-refractivity contribution in [1.82, 2.24) is 4.90 Å². The Morgan fingerprint density at radius 3 is 2.18 bits per heavy atom. The molecule has 1 amide bonds. The fourth-order valence-corrected chi connectivity index (χ4v) is 0.422. The van der Waals surface area contributed by atoms with Gasteiger partial charge in [0.1, 0.15) is 5.76 Å². The van der Waals surface area contributed by atoms with E-state index in [0.29, 0.717) is 0 Å². The predicted molar refractivity (Wildman–Crippen MR) is 44.2 cm³/mol. The quantitative estimate of drug-likeness (QED) is 0.483. The number of likely N-dealkylation sites (N-methyl/N-ethyl adjacent to an activating group) is 1. The molecule has 0 bridgehead atoms. The van der Waals surface area contributed by atoms with Crippen LogP contribution >= 0.6 is 0 Å². The first-order chi connectivity index (χ1) is 4.95. The van der Waals surface area contributed by atoms with Crippen molar-refractivity contribution in [3.63, 3.8) is 0 Å². The van der Waals surface area contributed by atoms with Gasteiger partial charge in [0.05, 0.1) is 0 Å². The van der Waals surface area contributed by atoms with E-state index < -0.39 is 0 Å². The number of hydrogen-bond acceptors (Lipinski definition) is 2. The van der Waals surface area contributed by atoms with Crippen molar-refractivity contribution >= 4 is 5.91 Å².